The Bertz CT molecular complexity index is 3160. The van der Waals surface area contributed by atoms with Crippen molar-refractivity contribution in [3.63, 3.8) is 0 Å². The number of unbranched alkanes of at least 4 members (excludes halogenated alkanes) is 1. The van der Waals surface area contributed by atoms with Gasteiger partial charge in [-0.15, -0.1) is 0 Å². The number of imidazole rings is 1. The van der Waals surface area contributed by atoms with E-state index in [1.165, 1.54) is 12.5 Å². The second kappa shape index (κ2) is 51.9. The number of nitrogens with one attached hydrogen (secondary N) is 12. The first-order chi connectivity index (χ1) is 51.4. The van der Waals surface area contributed by atoms with Crippen LogP contribution in [0.15, 0.2) is 32.5 Å². The standard InChI is InChI=1S/C67H125N27O15/c1-10-35(6)48(59(104)86-43(21-16-26-80-65(72)73)53(98)89-46(63(108)109)30-39-31-78-33-83-39)91-56(101)45(23-18-28-82-67(76)77)87-60(105)49(36(7)11-2)93-61(106)50(37(8)12-3)92-55(100)41(19-13-14-24-68)88-62(107)51(38(9)96)94-57(102)44(22-17-27-81-66(74)75)85-58(103)47(32-95)90-54(99)42(20-15-25-79-64(70)71)84-52(97)40(69)29-34(4)5/h31,33-38,40-51,95-96H,10-30,32,68-69H2,1-9H3,(H,78,83)(H,84,97)(H,85,103)(H,86,104)(H,87,105)(H,88,107)(H,89,98)(H,90,99)(H,91,101)(H,92,100)(H,93,106)(H,94,102)(H,108,109)(H4,70,71,79)(H4,72,73,80)(H4,74,75,81)(H4,76,77,82)/t35-,36-,37-,38+,40-,41-,42-,43-,44-,45-,46-,47-,48-,49-,50-,51-/m0/s1. The summed E-state index contributed by atoms with van der Waals surface area (Å²) >= 11 is 0. The minimum Gasteiger partial charge on any atom is -0.480 e. The van der Waals surface area contributed by atoms with E-state index in [-0.39, 0.29) is 152 Å². The van der Waals surface area contributed by atoms with E-state index in [0.717, 1.165) is 6.92 Å². The van der Waals surface area contributed by atoms with Crippen molar-refractivity contribution in [2.24, 2.45) is 101 Å². The zero-order valence-corrected chi connectivity index (χ0v) is 64.3. The monoisotopic (exact) mass is 1550 g/mol. The summed E-state index contributed by atoms with van der Waals surface area (Å²) in [6.07, 6.45) is 2.32. The van der Waals surface area contributed by atoms with E-state index in [1.54, 1.807) is 41.5 Å². The van der Waals surface area contributed by atoms with Gasteiger partial charge in [0.1, 0.15) is 66.5 Å². The number of hydrogen-bond acceptors (Lipinski definition) is 21. The molecule has 0 saturated carbocycles. The second-order valence-corrected chi connectivity index (χ2v) is 27.4. The number of carboxylic acid groups (broad SMARTS) is 1. The molecule has 0 bridgehead atoms. The number of carboxylic acids is 1. The smallest absolute Gasteiger partial charge is 0.326 e. The molecule has 1 aromatic rings. The summed E-state index contributed by atoms with van der Waals surface area (Å²) in [4.78, 5) is 192. The second-order valence-electron chi connectivity index (χ2n) is 27.4. The maximum absolute atomic E-state index is 14.8. The number of carbonyl (C=O) groups is 12. The molecule has 42 heteroatoms. The molecule has 0 radical (unpaired) electrons. The maximum atomic E-state index is 14.8. The molecule has 109 heavy (non-hydrogen) atoms. The number of aliphatic hydroxyl groups excluding tert-OH is 2. The zero-order chi connectivity index (χ0) is 82.6. The summed E-state index contributed by atoms with van der Waals surface area (Å²) in [6.45, 7) is 14.2. The normalized spacial score (nSPS) is 15.5. The van der Waals surface area contributed by atoms with Crippen LogP contribution in [0.25, 0.3) is 0 Å². The van der Waals surface area contributed by atoms with E-state index in [2.05, 4.69) is 88.4 Å². The van der Waals surface area contributed by atoms with Gasteiger partial charge in [0.15, 0.2) is 23.8 Å². The fourth-order valence-corrected chi connectivity index (χ4v) is 10.9. The summed E-state index contributed by atoms with van der Waals surface area (Å²) < 4.78 is 0. The number of amides is 11. The Morgan fingerprint density at radius 2 is 0.716 bits per heavy atom. The average Bonchev–Trinajstić information content (AvgIpc) is 1.28. The lowest BCUT2D eigenvalue weighted by molar-refractivity contribution is -0.142. The predicted molar refractivity (Wildman–Crippen MR) is 408 cm³/mol. The molecule has 0 unspecified atom stereocenters. The number of carbonyl (C=O) groups excluding carboxylic acids is 11. The Morgan fingerprint density at radius 1 is 0.422 bits per heavy atom. The van der Waals surface area contributed by atoms with Gasteiger partial charge < -0.3 is 136 Å². The van der Waals surface area contributed by atoms with Gasteiger partial charge in [-0.2, -0.15) is 0 Å². The molecule has 35 N–H and O–H groups in total. The van der Waals surface area contributed by atoms with Crippen LogP contribution in [0.4, 0.5) is 0 Å². The molecule has 0 aromatic carbocycles. The van der Waals surface area contributed by atoms with Gasteiger partial charge in [-0.1, -0.05) is 74.7 Å². The highest BCUT2D eigenvalue weighted by atomic mass is 16.4. The highest BCUT2D eigenvalue weighted by Crippen LogP contribution is 2.17. The van der Waals surface area contributed by atoms with Crippen molar-refractivity contribution in [2.45, 2.75) is 244 Å². The van der Waals surface area contributed by atoms with Crippen LogP contribution in [0.2, 0.25) is 0 Å². The third kappa shape index (κ3) is 37.9. The highest BCUT2D eigenvalue weighted by Gasteiger charge is 2.40. The molecule has 42 nitrogen and oxygen atoms in total. The lowest BCUT2D eigenvalue weighted by Crippen LogP contribution is -2.63. The Hall–Kier alpha value is -10.2. The van der Waals surface area contributed by atoms with Gasteiger partial charge in [0.25, 0.3) is 0 Å². The number of aromatic amines is 1. The SMILES string of the molecule is CC[C@H](C)[C@H](NC(=O)[C@H](CCCN=C(N)N)NC(=O)[C@@H](NC(=O)[C@@H](NC(=O)[C@H](CCCCN)NC(=O)[C@@H](NC(=O)[C@H](CCCN=C(N)N)NC(=O)[C@H](CO)NC(=O)[C@H](CCCN=C(N)N)NC(=O)[C@@H](N)CC(C)C)[C@@H](C)O)[C@@H](C)CC)[C@@H](C)CC)C(=O)N[C@@H](CCCN=C(N)N)C(=O)N[C@@H](Cc1cnc[nH]1)C(=O)O. The van der Waals surface area contributed by atoms with E-state index < -0.39 is 174 Å². The zero-order valence-electron chi connectivity index (χ0n) is 64.3. The minimum absolute atomic E-state index is 0.0116. The fourth-order valence-electron chi connectivity index (χ4n) is 10.9. The molecule has 1 rings (SSSR count). The number of aliphatic imine (C=N–C) groups is 4. The van der Waals surface area contributed by atoms with Crippen molar-refractivity contribution in [3.8, 4) is 0 Å². The predicted octanol–water partition coefficient (Wildman–Crippen LogP) is -7.40. The van der Waals surface area contributed by atoms with Crippen LogP contribution in [0.5, 0.6) is 0 Å². The lowest BCUT2D eigenvalue weighted by Gasteiger charge is -2.32. The third-order valence-electron chi connectivity index (χ3n) is 17.8. The van der Waals surface area contributed by atoms with Crippen LogP contribution in [0.1, 0.15) is 164 Å². The fraction of sp³-hybridized carbons (Fsp3) is 0.716. The van der Waals surface area contributed by atoms with Crippen molar-refractivity contribution in [1.29, 1.82) is 0 Å². The van der Waals surface area contributed by atoms with Crippen LogP contribution in [0, 0.1) is 23.7 Å². The third-order valence-corrected chi connectivity index (χ3v) is 17.8. The summed E-state index contributed by atoms with van der Waals surface area (Å²) in [5, 5.41) is 60.1. The molecule has 0 aliphatic carbocycles. The Balaban J connectivity index is 3.74. The van der Waals surface area contributed by atoms with Gasteiger partial charge in [-0.25, -0.2) is 9.78 Å². The Morgan fingerprint density at radius 3 is 1.03 bits per heavy atom. The van der Waals surface area contributed by atoms with Crippen LogP contribution < -0.4 is 116 Å². The topological polar surface area (TPSA) is 736 Å². The number of H-pyrrole nitrogens is 1. The van der Waals surface area contributed by atoms with Crippen LogP contribution >= 0.6 is 0 Å². The molecule has 1 heterocycles. The van der Waals surface area contributed by atoms with Gasteiger partial charge >= 0.3 is 5.97 Å². The summed E-state index contributed by atoms with van der Waals surface area (Å²) in [5.74, 6) is -14.4. The number of aliphatic carboxylic acids is 1. The van der Waals surface area contributed by atoms with Gasteiger partial charge in [0.2, 0.25) is 65.0 Å². The van der Waals surface area contributed by atoms with Crippen molar-refractivity contribution >= 4 is 94.8 Å². The van der Waals surface area contributed by atoms with Crippen molar-refractivity contribution in [1.82, 2.24) is 68.5 Å². The first kappa shape index (κ1) is 96.8. The quantitative estimate of drug-likeness (QED) is 0.0164. The summed E-state index contributed by atoms with van der Waals surface area (Å²) in [6, 6.07) is -17.5. The van der Waals surface area contributed by atoms with Crippen molar-refractivity contribution < 1.29 is 72.9 Å². The Kier molecular flexibility index (Phi) is 46.1. The number of hydrogen-bond donors (Lipinski definition) is 25. The highest BCUT2D eigenvalue weighted by molar-refractivity contribution is 6.00. The van der Waals surface area contributed by atoms with Crippen molar-refractivity contribution in [3.05, 3.63) is 18.2 Å². The molecule has 11 amide bonds. The van der Waals surface area contributed by atoms with Crippen LogP contribution in [-0.2, 0) is 64.0 Å². The molecule has 0 saturated heterocycles. The van der Waals surface area contributed by atoms with Gasteiger partial charge in [-0.05, 0) is 114 Å². The molecular formula is C67H125N27O15. The first-order valence-corrected chi connectivity index (χ1v) is 36.9. The lowest BCUT2D eigenvalue weighted by atomic mass is 9.94. The molecule has 16 atom stereocenters. The molecule has 0 aliphatic heterocycles. The summed E-state index contributed by atoms with van der Waals surface area (Å²) in [7, 11) is 0. The van der Waals surface area contributed by atoms with Crippen LogP contribution in [0.3, 0.4) is 0 Å². The average molecular weight is 1550 g/mol. The molecule has 1 aromatic heterocycles. The van der Waals surface area contributed by atoms with Crippen molar-refractivity contribution in [2.75, 3.05) is 39.3 Å². The molecule has 618 valence electrons. The van der Waals surface area contributed by atoms with E-state index in [1.807, 2.05) is 13.8 Å². The van der Waals surface area contributed by atoms with Gasteiger partial charge in [0, 0.05) is 44.5 Å². The van der Waals surface area contributed by atoms with Gasteiger partial charge in [0.05, 0.1) is 25.1 Å². The van der Waals surface area contributed by atoms with Crippen LogP contribution in [-0.4, -0.2) is 238 Å². The maximum Gasteiger partial charge on any atom is 0.326 e. The molecular weight excluding hydrogens is 1420 g/mol. The molecule has 0 spiro atoms. The minimum atomic E-state index is -1.85. The van der Waals surface area contributed by atoms with Gasteiger partial charge in [-0.3, -0.25) is 72.7 Å². The number of aliphatic hydroxyl groups is 2. The van der Waals surface area contributed by atoms with E-state index in [4.69, 9.17) is 57.3 Å². The first-order valence-electron chi connectivity index (χ1n) is 36.9. The van der Waals surface area contributed by atoms with E-state index in [9.17, 15) is 72.9 Å². The number of aromatic nitrogens is 2. The summed E-state index contributed by atoms with van der Waals surface area (Å²) in [5.41, 5.74) is 56.5. The molecule has 0 aliphatic rings. The van der Waals surface area contributed by atoms with E-state index in [0.29, 0.717) is 18.5 Å². The number of nitrogens with zero attached hydrogens (tertiary/aromatic N) is 5. The largest absolute Gasteiger partial charge is 0.480 e. The number of rotatable bonds is 55. The Labute approximate surface area is 636 Å². The van der Waals surface area contributed by atoms with E-state index >= 15 is 0 Å². The number of guanidine groups is 4. The molecule has 0 fully saturated rings. The number of nitrogens with two attached hydrogens (primary N) is 10.